The quantitative estimate of drug-likeness (QED) is 0.557. The first-order chi connectivity index (χ1) is 15.6. The molecule has 3 aromatic rings. The molecule has 0 bridgehead atoms. The van der Waals surface area contributed by atoms with Crippen LogP contribution in [-0.2, 0) is 6.42 Å². The van der Waals surface area contributed by atoms with Gasteiger partial charge < -0.3 is 15.5 Å². The molecule has 3 heterocycles. The lowest BCUT2D eigenvalue weighted by Crippen LogP contribution is -2.35. The molecule has 1 saturated heterocycles. The van der Waals surface area contributed by atoms with E-state index >= 15 is 0 Å². The third-order valence-electron chi connectivity index (χ3n) is 5.92. The van der Waals surface area contributed by atoms with Gasteiger partial charge in [-0.3, -0.25) is 9.78 Å². The monoisotopic (exact) mass is 429 g/mol. The molecule has 2 N–H and O–H groups in total. The van der Waals surface area contributed by atoms with Crippen LogP contribution in [0.3, 0.4) is 0 Å². The Balaban J connectivity index is 1.37. The average molecular weight is 430 g/mol. The number of rotatable bonds is 7. The minimum Gasteiger partial charge on any atom is -0.385 e. The summed E-state index contributed by atoms with van der Waals surface area (Å²) in [5.74, 6) is 1.40. The maximum Gasteiger partial charge on any atom is 0.259 e. The first-order valence-corrected chi connectivity index (χ1v) is 11.4. The molecule has 6 nitrogen and oxygen atoms in total. The molecule has 1 fully saturated rings. The zero-order valence-electron chi connectivity index (χ0n) is 18.8. The molecule has 0 spiro atoms. The van der Waals surface area contributed by atoms with Gasteiger partial charge in [0.05, 0.1) is 5.56 Å². The first-order valence-electron chi connectivity index (χ1n) is 11.4. The van der Waals surface area contributed by atoms with E-state index in [2.05, 4.69) is 27.4 Å². The molecule has 1 amide bonds. The van der Waals surface area contributed by atoms with Gasteiger partial charge in [0.25, 0.3) is 5.91 Å². The van der Waals surface area contributed by atoms with E-state index in [1.807, 2.05) is 67.7 Å². The number of benzene rings is 1. The number of anilines is 3. The fourth-order valence-electron chi connectivity index (χ4n) is 3.93. The number of hydrogen-bond donors (Lipinski definition) is 2. The van der Waals surface area contributed by atoms with Crippen LogP contribution < -0.4 is 15.5 Å². The second-order valence-corrected chi connectivity index (χ2v) is 8.52. The van der Waals surface area contributed by atoms with E-state index in [1.165, 1.54) is 0 Å². The molecular weight excluding hydrogens is 398 g/mol. The van der Waals surface area contributed by atoms with Gasteiger partial charge in [0.2, 0.25) is 0 Å². The van der Waals surface area contributed by atoms with Gasteiger partial charge in [0.1, 0.15) is 5.82 Å². The van der Waals surface area contributed by atoms with Gasteiger partial charge in [-0.15, -0.1) is 0 Å². The van der Waals surface area contributed by atoms with Gasteiger partial charge in [-0.05, 0) is 74.2 Å². The lowest BCUT2D eigenvalue weighted by molar-refractivity contribution is 0.102. The predicted octanol–water partition coefficient (Wildman–Crippen LogP) is 4.93. The van der Waals surface area contributed by atoms with Crippen molar-refractivity contribution in [3.05, 3.63) is 77.7 Å². The smallest absolute Gasteiger partial charge is 0.259 e. The van der Waals surface area contributed by atoms with Gasteiger partial charge in [0, 0.05) is 55.0 Å². The van der Waals surface area contributed by atoms with Crippen molar-refractivity contribution in [3.8, 4) is 0 Å². The molecule has 0 radical (unpaired) electrons. The van der Waals surface area contributed by atoms with Crippen LogP contribution in [-0.4, -0.2) is 35.5 Å². The minimum atomic E-state index is -0.123. The van der Waals surface area contributed by atoms with Crippen molar-refractivity contribution < 1.29 is 4.79 Å². The molecule has 1 aliphatic rings. The second-order valence-electron chi connectivity index (χ2n) is 8.52. The highest BCUT2D eigenvalue weighted by atomic mass is 16.1. The van der Waals surface area contributed by atoms with E-state index in [1.54, 1.807) is 0 Å². The lowest BCUT2D eigenvalue weighted by Gasteiger charge is -2.32. The number of hydrogen-bond acceptors (Lipinski definition) is 5. The zero-order valence-corrected chi connectivity index (χ0v) is 18.8. The SMILES string of the molecule is Cc1ccc(C(=O)Nc2ccc(NCCc3ccccn3)cc2)c(N2CCC(C)CC2)n1. The fraction of sp³-hybridized carbons (Fsp3) is 0.346. The average Bonchev–Trinajstić information content (AvgIpc) is 2.81. The summed E-state index contributed by atoms with van der Waals surface area (Å²) in [7, 11) is 0. The maximum absolute atomic E-state index is 13.1. The van der Waals surface area contributed by atoms with Gasteiger partial charge in [-0.1, -0.05) is 13.0 Å². The number of nitrogens with zero attached hydrogens (tertiary/aromatic N) is 3. The van der Waals surface area contributed by atoms with Crippen molar-refractivity contribution >= 4 is 23.1 Å². The Morgan fingerprint density at radius 3 is 2.50 bits per heavy atom. The van der Waals surface area contributed by atoms with Crippen molar-refractivity contribution in [2.24, 2.45) is 5.92 Å². The van der Waals surface area contributed by atoms with Crippen molar-refractivity contribution in [3.63, 3.8) is 0 Å². The summed E-state index contributed by atoms with van der Waals surface area (Å²) in [5, 5.41) is 6.43. The largest absolute Gasteiger partial charge is 0.385 e. The van der Waals surface area contributed by atoms with Crippen LogP contribution in [0.2, 0.25) is 0 Å². The van der Waals surface area contributed by atoms with Gasteiger partial charge >= 0.3 is 0 Å². The predicted molar refractivity (Wildman–Crippen MR) is 130 cm³/mol. The summed E-state index contributed by atoms with van der Waals surface area (Å²) in [6.45, 7) is 6.94. The van der Waals surface area contributed by atoms with Crippen LogP contribution in [0.15, 0.2) is 60.8 Å². The van der Waals surface area contributed by atoms with E-state index < -0.39 is 0 Å². The van der Waals surface area contributed by atoms with E-state index in [0.717, 1.165) is 73.4 Å². The number of pyridine rings is 2. The molecule has 2 aromatic heterocycles. The van der Waals surface area contributed by atoms with Crippen LogP contribution in [0.4, 0.5) is 17.2 Å². The topological polar surface area (TPSA) is 70.2 Å². The van der Waals surface area contributed by atoms with Crippen LogP contribution in [0, 0.1) is 12.8 Å². The third kappa shape index (κ3) is 5.63. The number of carbonyl (C=O) groups excluding carboxylic acids is 1. The molecule has 4 rings (SSSR count). The molecule has 1 aliphatic heterocycles. The Bertz CT molecular complexity index is 1030. The number of piperidine rings is 1. The van der Waals surface area contributed by atoms with Crippen molar-refractivity contribution in [1.82, 2.24) is 9.97 Å². The summed E-state index contributed by atoms with van der Waals surface area (Å²) in [4.78, 5) is 24.4. The molecule has 0 saturated carbocycles. The number of amides is 1. The van der Waals surface area contributed by atoms with E-state index in [4.69, 9.17) is 4.98 Å². The van der Waals surface area contributed by atoms with Crippen molar-refractivity contribution in [1.29, 1.82) is 0 Å². The van der Waals surface area contributed by atoms with Gasteiger partial charge in [-0.25, -0.2) is 4.98 Å². The number of aromatic nitrogens is 2. The molecule has 32 heavy (non-hydrogen) atoms. The molecule has 1 aromatic carbocycles. The fourth-order valence-corrected chi connectivity index (χ4v) is 3.93. The Hall–Kier alpha value is -3.41. The van der Waals surface area contributed by atoms with Crippen LogP contribution in [0.25, 0.3) is 0 Å². The van der Waals surface area contributed by atoms with Crippen LogP contribution >= 0.6 is 0 Å². The number of carbonyl (C=O) groups is 1. The van der Waals surface area contributed by atoms with E-state index in [0.29, 0.717) is 5.56 Å². The normalized spacial score (nSPS) is 14.2. The highest BCUT2D eigenvalue weighted by Gasteiger charge is 2.22. The van der Waals surface area contributed by atoms with Crippen molar-refractivity contribution in [2.45, 2.75) is 33.1 Å². The van der Waals surface area contributed by atoms with Crippen LogP contribution in [0.5, 0.6) is 0 Å². The number of aryl methyl sites for hydroxylation is 1. The Kier molecular flexibility index (Phi) is 7.00. The van der Waals surface area contributed by atoms with Crippen LogP contribution in [0.1, 0.15) is 41.5 Å². The first kappa shape index (κ1) is 21.8. The summed E-state index contributed by atoms with van der Waals surface area (Å²) in [6.07, 6.45) is 4.93. The maximum atomic E-state index is 13.1. The molecule has 0 unspecified atom stereocenters. The zero-order chi connectivity index (χ0) is 22.3. The van der Waals surface area contributed by atoms with Crippen molar-refractivity contribution in [2.75, 3.05) is 35.2 Å². The van der Waals surface area contributed by atoms with Gasteiger partial charge in [-0.2, -0.15) is 0 Å². The lowest BCUT2D eigenvalue weighted by atomic mass is 9.99. The Morgan fingerprint density at radius 2 is 1.78 bits per heavy atom. The summed E-state index contributed by atoms with van der Waals surface area (Å²) < 4.78 is 0. The summed E-state index contributed by atoms with van der Waals surface area (Å²) in [6, 6.07) is 17.5. The Labute approximate surface area is 190 Å². The Morgan fingerprint density at radius 1 is 1.03 bits per heavy atom. The minimum absolute atomic E-state index is 0.123. The summed E-state index contributed by atoms with van der Waals surface area (Å²) >= 11 is 0. The van der Waals surface area contributed by atoms with E-state index in [9.17, 15) is 4.79 Å². The molecular formula is C26H31N5O. The van der Waals surface area contributed by atoms with E-state index in [-0.39, 0.29) is 5.91 Å². The highest BCUT2D eigenvalue weighted by molar-refractivity contribution is 6.07. The standard InChI is InChI=1S/C26H31N5O/c1-19-13-17-31(18-14-19)25-24(11-6-20(2)29-25)26(32)30-23-9-7-22(8-10-23)28-16-12-21-5-3-4-15-27-21/h3-11,15,19,28H,12-14,16-18H2,1-2H3,(H,30,32). The highest BCUT2D eigenvalue weighted by Crippen LogP contribution is 2.26. The molecule has 6 heteroatoms. The molecule has 166 valence electrons. The second kappa shape index (κ2) is 10.3. The molecule has 0 aliphatic carbocycles. The van der Waals surface area contributed by atoms with Gasteiger partial charge in [0.15, 0.2) is 0 Å². The molecule has 0 atom stereocenters. The number of nitrogens with one attached hydrogen (secondary N) is 2. The summed E-state index contributed by atoms with van der Waals surface area (Å²) in [5.41, 5.74) is 4.40. The third-order valence-corrected chi connectivity index (χ3v) is 5.92.